The smallest absolute Gasteiger partial charge is 0.244 e. The Labute approximate surface area is 125 Å². The van der Waals surface area contributed by atoms with Crippen LogP contribution >= 0.6 is 0 Å². The van der Waals surface area contributed by atoms with Crippen LogP contribution in [0.15, 0.2) is 23.5 Å². The van der Waals surface area contributed by atoms with E-state index >= 15 is 0 Å². The topological polar surface area (TPSA) is 81.8 Å². The summed E-state index contributed by atoms with van der Waals surface area (Å²) in [7, 11) is -3.58. The van der Waals surface area contributed by atoms with E-state index in [4.69, 9.17) is 0 Å². The molecule has 1 N–H and O–H groups in total. The van der Waals surface area contributed by atoms with Crippen LogP contribution in [-0.2, 0) is 23.1 Å². The minimum atomic E-state index is -3.58. The summed E-state index contributed by atoms with van der Waals surface area (Å²) in [4.78, 5) is 0.178. The molecule has 0 spiro atoms. The minimum absolute atomic E-state index is 0.178. The van der Waals surface area contributed by atoms with Gasteiger partial charge in [0.05, 0.1) is 12.4 Å². The summed E-state index contributed by atoms with van der Waals surface area (Å²) in [6, 6.07) is -0.347. The SMILES string of the molecule is CCn1cc(S(=O)(=O)NC(C)c2cnn(CC)c2C)cn1. The molecule has 0 aromatic carbocycles. The lowest BCUT2D eigenvalue weighted by Crippen LogP contribution is -2.27. The molecule has 2 aromatic rings. The zero-order valence-corrected chi connectivity index (χ0v) is 13.6. The number of aromatic nitrogens is 4. The molecule has 0 amide bonds. The Morgan fingerprint density at radius 1 is 1.24 bits per heavy atom. The minimum Gasteiger partial charge on any atom is -0.272 e. The highest BCUT2D eigenvalue weighted by atomic mass is 32.2. The molecule has 116 valence electrons. The van der Waals surface area contributed by atoms with E-state index in [1.807, 2.05) is 32.4 Å². The van der Waals surface area contributed by atoms with Gasteiger partial charge in [-0.25, -0.2) is 13.1 Å². The van der Waals surface area contributed by atoms with Gasteiger partial charge in [0.25, 0.3) is 0 Å². The maximum atomic E-state index is 12.3. The third-order valence-electron chi connectivity index (χ3n) is 3.48. The van der Waals surface area contributed by atoms with Gasteiger partial charge >= 0.3 is 0 Å². The first kappa shape index (κ1) is 15.7. The van der Waals surface area contributed by atoms with Gasteiger partial charge in [0.1, 0.15) is 4.90 Å². The standard InChI is InChI=1S/C13H21N5O2S/c1-5-17-9-12(7-14-17)21(19,20)16-10(3)13-8-15-18(6-2)11(13)4/h7-10,16H,5-6H2,1-4H3. The summed E-state index contributed by atoms with van der Waals surface area (Å²) in [5.74, 6) is 0. The number of hydrogen-bond acceptors (Lipinski definition) is 4. The lowest BCUT2D eigenvalue weighted by molar-refractivity contribution is 0.565. The molecule has 0 fully saturated rings. The first-order valence-electron chi connectivity index (χ1n) is 6.96. The van der Waals surface area contributed by atoms with Crippen molar-refractivity contribution in [1.29, 1.82) is 0 Å². The van der Waals surface area contributed by atoms with Gasteiger partial charge in [-0.3, -0.25) is 9.36 Å². The number of sulfonamides is 1. The fourth-order valence-corrected chi connectivity index (χ4v) is 3.40. The summed E-state index contributed by atoms with van der Waals surface area (Å²) in [6.07, 6.45) is 4.60. The van der Waals surface area contributed by atoms with Crippen molar-refractivity contribution in [3.63, 3.8) is 0 Å². The maximum absolute atomic E-state index is 12.3. The second-order valence-electron chi connectivity index (χ2n) is 4.88. The highest BCUT2D eigenvalue weighted by Gasteiger charge is 2.22. The molecule has 0 saturated heterocycles. The van der Waals surface area contributed by atoms with Crippen molar-refractivity contribution < 1.29 is 8.42 Å². The number of nitrogens with one attached hydrogen (secondary N) is 1. The van der Waals surface area contributed by atoms with E-state index in [0.717, 1.165) is 17.8 Å². The highest BCUT2D eigenvalue weighted by Crippen LogP contribution is 2.19. The van der Waals surface area contributed by atoms with Crippen molar-refractivity contribution in [2.75, 3.05) is 0 Å². The van der Waals surface area contributed by atoms with Gasteiger partial charge in [0, 0.05) is 36.6 Å². The van der Waals surface area contributed by atoms with Crippen LogP contribution in [0.4, 0.5) is 0 Å². The van der Waals surface area contributed by atoms with Crippen LogP contribution in [0.3, 0.4) is 0 Å². The van der Waals surface area contributed by atoms with Gasteiger partial charge < -0.3 is 0 Å². The van der Waals surface area contributed by atoms with E-state index in [2.05, 4.69) is 14.9 Å². The maximum Gasteiger partial charge on any atom is 0.244 e. The molecule has 0 saturated carbocycles. The number of rotatable bonds is 6. The van der Waals surface area contributed by atoms with Gasteiger partial charge in [0.15, 0.2) is 0 Å². The lowest BCUT2D eigenvalue weighted by atomic mass is 10.1. The molecule has 0 aliphatic carbocycles. The first-order chi connectivity index (χ1) is 9.89. The Kier molecular flexibility index (Phi) is 4.48. The van der Waals surface area contributed by atoms with E-state index < -0.39 is 10.0 Å². The van der Waals surface area contributed by atoms with E-state index in [1.54, 1.807) is 10.9 Å². The Bertz CT molecular complexity index is 717. The second kappa shape index (κ2) is 5.98. The fourth-order valence-electron chi connectivity index (χ4n) is 2.23. The fraction of sp³-hybridized carbons (Fsp3) is 0.538. The predicted octanol–water partition coefficient (Wildman–Crippen LogP) is 1.47. The van der Waals surface area contributed by atoms with Crippen LogP contribution < -0.4 is 4.72 Å². The van der Waals surface area contributed by atoms with Crippen molar-refractivity contribution in [2.45, 2.75) is 51.7 Å². The average Bonchev–Trinajstić information content (AvgIpc) is 3.04. The average molecular weight is 311 g/mol. The molecule has 2 rings (SSSR count). The van der Waals surface area contributed by atoms with Crippen LogP contribution in [0.25, 0.3) is 0 Å². The highest BCUT2D eigenvalue weighted by molar-refractivity contribution is 7.89. The molecule has 1 unspecified atom stereocenters. The molecule has 7 nitrogen and oxygen atoms in total. The van der Waals surface area contributed by atoms with Crippen LogP contribution in [0.1, 0.15) is 38.1 Å². The molecule has 8 heteroatoms. The molecule has 21 heavy (non-hydrogen) atoms. The van der Waals surface area contributed by atoms with Crippen molar-refractivity contribution in [1.82, 2.24) is 24.3 Å². The zero-order chi connectivity index (χ0) is 15.6. The molecule has 0 bridgehead atoms. The summed E-state index contributed by atoms with van der Waals surface area (Å²) in [5.41, 5.74) is 1.85. The monoisotopic (exact) mass is 311 g/mol. The predicted molar refractivity (Wildman–Crippen MR) is 79.3 cm³/mol. The summed E-state index contributed by atoms with van der Waals surface area (Å²) >= 11 is 0. The molecule has 2 heterocycles. The summed E-state index contributed by atoms with van der Waals surface area (Å²) in [6.45, 7) is 9.04. The van der Waals surface area contributed by atoms with Gasteiger partial charge in [-0.15, -0.1) is 0 Å². The molecule has 0 radical (unpaired) electrons. The van der Waals surface area contributed by atoms with E-state index in [9.17, 15) is 8.42 Å². The molecule has 2 aromatic heterocycles. The third kappa shape index (κ3) is 3.16. The Hall–Kier alpha value is -1.67. The van der Waals surface area contributed by atoms with E-state index in [1.165, 1.54) is 12.4 Å². The van der Waals surface area contributed by atoms with Crippen LogP contribution in [0, 0.1) is 6.92 Å². The van der Waals surface area contributed by atoms with Crippen molar-refractivity contribution >= 4 is 10.0 Å². The normalized spacial score (nSPS) is 13.5. The molecular weight excluding hydrogens is 290 g/mol. The summed E-state index contributed by atoms with van der Waals surface area (Å²) in [5, 5.41) is 8.24. The van der Waals surface area contributed by atoms with E-state index in [0.29, 0.717) is 6.54 Å². The summed E-state index contributed by atoms with van der Waals surface area (Å²) < 4.78 is 30.8. The second-order valence-corrected chi connectivity index (χ2v) is 6.59. The van der Waals surface area contributed by atoms with Crippen molar-refractivity contribution in [3.05, 3.63) is 29.8 Å². The van der Waals surface area contributed by atoms with Gasteiger partial charge in [-0.2, -0.15) is 10.2 Å². The quantitative estimate of drug-likeness (QED) is 0.876. The third-order valence-corrected chi connectivity index (χ3v) is 4.98. The van der Waals surface area contributed by atoms with E-state index in [-0.39, 0.29) is 10.9 Å². The molecule has 0 aliphatic heterocycles. The van der Waals surface area contributed by atoms with Crippen LogP contribution in [0.5, 0.6) is 0 Å². The number of aryl methyl sites for hydroxylation is 2. The largest absolute Gasteiger partial charge is 0.272 e. The molecular formula is C13H21N5O2S. The van der Waals surface area contributed by atoms with Crippen LogP contribution in [-0.4, -0.2) is 28.0 Å². The Morgan fingerprint density at radius 2 is 1.95 bits per heavy atom. The van der Waals surface area contributed by atoms with Crippen molar-refractivity contribution in [2.24, 2.45) is 0 Å². The number of hydrogen-bond donors (Lipinski definition) is 1. The Morgan fingerprint density at radius 3 is 2.48 bits per heavy atom. The van der Waals surface area contributed by atoms with Gasteiger partial charge in [0.2, 0.25) is 10.0 Å². The van der Waals surface area contributed by atoms with Gasteiger partial charge in [-0.1, -0.05) is 0 Å². The first-order valence-corrected chi connectivity index (χ1v) is 8.44. The Balaban J connectivity index is 2.21. The van der Waals surface area contributed by atoms with Crippen molar-refractivity contribution in [3.8, 4) is 0 Å². The zero-order valence-electron chi connectivity index (χ0n) is 12.7. The lowest BCUT2D eigenvalue weighted by Gasteiger charge is -2.13. The molecule has 1 atom stereocenters. The van der Waals surface area contributed by atoms with Gasteiger partial charge in [-0.05, 0) is 27.7 Å². The molecule has 0 aliphatic rings. The van der Waals surface area contributed by atoms with Crippen LogP contribution in [0.2, 0.25) is 0 Å². The number of nitrogens with zero attached hydrogens (tertiary/aromatic N) is 4.